The van der Waals surface area contributed by atoms with E-state index in [0.717, 1.165) is 0 Å². The summed E-state index contributed by atoms with van der Waals surface area (Å²) in [6.07, 6.45) is 3.05. The summed E-state index contributed by atoms with van der Waals surface area (Å²) in [4.78, 5) is 22.9. The Hall–Kier alpha value is -1.15. The Labute approximate surface area is 120 Å². The molecule has 1 saturated heterocycles. The molecule has 116 valence electrons. The van der Waals surface area contributed by atoms with Crippen LogP contribution < -0.4 is 10.6 Å². The van der Waals surface area contributed by atoms with Gasteiger partial charge < -0.3 is 20.5 Å². The quantitative estimate of drug-likeness (QED) is 0.571. The SMILES string of the molecule is CS(=O)CCCNC(=O)NCC1(C(=O)O)CCOCC1. The normalized spacial score (nSPS) is 19.1. The molecule has 1 heterocycles. The molecular weight excluding hydrogens is 284 g/mol. The van der Waals surface area contributed by atoms with Gasteiger partial charge in [-0.3, -0.25) is 9.00 Å². The third-order valence-electron chi connectivity index (χ3n) is 3.39. The van der Waals surface area contributed by atoms with Gasteiger partial charge in [0.05, 0.1) is 5.41 Å². The van der Waals surface area contributed by atoms with Crippen molar-refractivity contribution in [2.45, 2.75) is 19.3 Å². The van der Waals surface area contributed by atoms with Crippen LogP contribution in [0.5, 0.6) is 0 Å². The third kappa shape index (κ3) is 5.46. The van der Waals surface area contributed by atoms with Crippen molar-refractivity contribution in [3.8, 4) is 0 Å². The highest BCUT2D eigenvalue weighted by atomic mass is 32.2. The van der Waals surface area contributed by atoms with Crippen LogP contribution in [-0.2, 0) is 20.3 Å². The van der Waals surface area contributed by atoms with Gasteiger partial charge in [0.1, 0.15) is 0 Å². The van der Waals surface area contributed by atoms with Crippen LogP contribution in [0.1, 0.15) is 19.3 Å². The molecule has 2 amide bonds. The average Bonchev–Trinajstić information content (AvgIpc) is 2.42. The number of urea groups is 1. The maximum Gasteiger partial charge on any atom is 0.314 e. The number of amides is 2. The predicted molar refractivity (Wildman–Crippen MR) is 75.1 cm³/mol. The highest BCUT2D eigenvalue weighted by Gasteiger charge is 2.40. The molecular formula is C12H22N2O5S. The number of carbonyl (C=O) groups excluding carboxylic acids is 1. The number of carboxylic acids is 1. The van der Waals surface area contributed by atoms with Crippen molar-refractivity contribution in [1.29, 1.82) is 0 Å². The van der Waals surface area contributed by atoms with Crippen molar-refractivity contribution < 1.29 is 23.6 Å². The molecule has 3 N–H and O–H groups in total. The molecule has 0 aromatic rings. The van der Waals surface area contributed by atoms with Crippen LogP contribution in [0.4, 0.5) is 4.79 Å². The minimum Gasteiger partial charge on any atom is -0.481 e. The summed E-state index contributed by atoms with van der Waals surface area (Å²) in [6.45, 7) is 1.32. The van der Waals surface area contributed by atoms with Crippen LogP contribution in [0.3, 0.4) is 0 Å². The first kappa shape index (κ1) is 16.9. The third-order valence-corrected chi connectivity index (χ3v) is 4.25. The van der Waals surface area contributed by atoms with Gasteiger partial charge in [-0.1, -0.05) is 0 Å². The Morgan fingerprint density at radius 3 is 2.50 bits per heavy atom. The van der Waals surface area contributed by atoms with E-state index < -0.39 is 22.2 Å². The first-order chi connectivity index (χ1) is 9.46. The van der Waals surface area contributed by atoms with Crippen LogP contribution in [0.2, 0.25) is 0 Å². The lowest BCUT2D eigenvalue weighted by Gasteiger charge is -2.33. The van der Waals surface area contributed by atoms with Crippen LogP contribution >= 0.6 is 0 Å². The summed E-state index contributed by atoms with van der Waals surface area (Å²) < 4.78 is 16.0. The van der Waals surface area contributed by atoms with Crippen molar-refractivity contribution >= 4 is 22.8 Å². The number of hydrogen-bond acceptors (Lipinski definition) is 4. The zero-order chi connectivity index (χ0) is 15.0. The fourth-order valence-corrected chi connectivity index (χ4v) is 2.57. The molecule has 20 heavy (non-hydrogen) atoms. The fourth-order valence-electron chi connectivity index (χ4n) is 2.02. The summed E-state index contributed by atoms with van der Waals surface area (Å²) in [7, 11) is -0.864. The second-order valence-corrected chi connectivity index (χ2v) is 6.49. The van der Waals surface area contributed by atoms with Gasteiger partial charge in [-0.05, 0) is 19.3 Å². The van der Waals surface area contributed by atoms with E-state index >= 15 is 0 Å². The number of ether oxygens (including phenoxy) is 1. The van der Waals surface area contributed by atoms with Crippen LogP contribution in [0.25, 0.3) is 0 Å². The summed E-state index contributed by atoms with van der Waals surface area (Å²) in [5.74, 6) is -0.362. The zero-order valence-electron chi connectivity index (χ0n) is 11.6. The number of nitrogens with one attached hydrogen (secondary N) is 2. The molecule has 1 unspecified atom stereocenters. The Morgan fingerprint density at radius 2 is 1.95 bits per heavy atom. The average molecular weight is 306 g/mol. The summed E-state index contributed by atoms with van der Waals surface area (Å²) in [6, 6.07) is -0.390. The van der Waals surface area contributed by atoms with Crippen molar-refractivity contribution in [3.05, 3.63) is 0 Å². The highest BCUT2D eigenvalue weighted by molar-refractivity contribution is 7.84. The van der Waals surface area contributed by atoms with E-state index in [2.05, 4.69) is 10.6 Å². The molecule has 0 aromatic carbocycles. The molecule has 0 aromatic heterocycles. The lowest BCUT2D eigenvalue weighted by molar-refractivity contribution is -0.154. The summed E-state index contributed by atoms with van der Waals surface area (Å²) in [5.41, 5.74) is -0.930. The second kappa shape index (κ2) is 8.21. The summed E-state index contributed by atoms with van der Waals surface area (Å²) >= 11 is 0. The standard InChI is InChI=1S/C12H22N2O5S/c1-20(18)8-2-5-13-11(17)14-9-12(10(15)16)3-6-19-7-4-12/h2-9H2,1H3,(H,15,16)(H2,13,14,17). The Kier molecular flexibility index (Phi) is 6.94. The molecule has 0 bridgehead atoms. The number of aliphatic carboxylic acids is 1. The summed E-state index contributed by atoms with van der Waals surface area (Å²) in [5, 5.41) is 14.5. The minimum atomic E-state index is -0.930. The van der Waals surface area contributed by atoms with E-state index in [9.17, 15) is 18.9 Å². The maximum atomic E-state index is 11.6. The van der Waals surface area contributed by atoms with Gasteiger partial charge in [-0.15, -0.1) is 0 Å². The van der Waals surface area contributed by atoms with Crippen LogP contribution in [-0.4, -0.2) is 59.6 Å². The largest absolute Gasteiger partial charge is 0.481 e. The van der Waals surface area contributed by atoms with Crippen molar-refractivity contribution in [3.63, 3.8) is 0 Å². The second-order valence-electron chi connectivity index (χ2n) is 4.94. The number of carboxylic acid groups (broad SMARTS) is 1. The van der Waals surface area contributed by atoms with Gasteiger partial charge >= 0.3 is 12.0 Å². The van der Waals surface area contributed by atoms with E-state index in [1.165, 1.54) is 0 Å². The number of hydrogen-bond donors (Lipinski definition) is 3. The highest BCUT2D eigenvalue weighted by Crippen LogP contribution is 2.29. The molecule has 1 rings (SSSR count). The van der Waals surface area contributed by atoms with Crippen molar-refractivity contribution in [1.82, 2.24) is 10.6 Å². The van der Waals surface area contributed by atoms with E-state index in [1.807, 2.05) is 0 Å². The van der Waals surface area contributed by atoms with E-state index in [1.54, 1.807) is 6.26 Å². The lowest BCUT2D eigenvalue weighted by atomic mass is 9.80. The lowest BCUT2D eigenvalue weighted by Crippen LogP contribution is -2.49. The smallest absolute Gasteiger partial charge is 0.314 e. The first-order valence-corrected chi connectivity index (χ1v) is 8.32. The molecule has 8 heteroatoms. The number of carbonyl (C=O) groups is 2. The predicted octanol–water partition coefficient (Wildman–Crippen LogP) is -0.0644. The Balaban J connectivity index is 2.30. The van der Waals surface area contributed by atoms with Crippen LogP contribution in [0, 0.1) is 5.41 Å². The monoisotopic (exact) mass is 306 g/mol. The molecule has 0 spiro atoms. The molecule has 1 aliphatic rings. The molecule has 0 saturated carbocycles. The van der Waals surface area contributed by atoms with Gasteiger partial charge in [-0.2, -0.15) is 0 Å². The van der Waals surface area contributed by atoms with Gasteiger partial charge in [0.25, 0.3) is 0 Å². The van der Waals surface area contributed by atoms with Crippen molar-refractivity contribution in [2.24, 2.45) is 5.41 Å². The molecule has 0 aliphatic carbocycles. The van der Waals surface area contributed by atoms with Gasteiger partial charge in [0.2, 0.25) is 0 Å². The van der Waals surface area contributed by atoms with Crippen molar-refractivity contribution in [2.75, 3.05) is 38.3 Å². The Morgan fingerprint density at radius 1 is 1.30 bits per heavy atom. The molecule has 7 nitrogen and oxygen atoms in total. The maximum absolute atomic E-state index is 11.6. The fraction of sp³-hybridized carbons (Fsp3) is 0.833. The van der Waals surface area contributed by atoms with Crippen LogP contribution in [0.15, 0.2) is 0 Å². The Bertz CT molecular complexity index is 369. The number of rotatable bonds is 7. The zero-order valence-corrected chi connectivity index (χ0v) is 12.5. The van der Waals surface area contributed by atoms with Gasteiger partial charge in [-0.25, -0.2) is 4.79 Å². The van der Waals surface area contributed by atoms with E-state index in [0.29, 0.717) is 44.8 Å². The van der Waals surface area contributed by atoms with E-state index in [4.69, 9.17) is 4.74 Å². The molecule has 0 radical (unpaired) electrons. The van der Waals surface area contributed by atoms with Gasteiger partial charge in [0, 0.05) is 49.1 Å². The topological polar surface area (TPSA) is 105 Å². The first-order valence-electron chi connectivity index (χ1n) is 6.59. The molecule has 1 atom stereocenters. The molecule has 1 aliphatic heterocycles. The van der Waals surface area contributed by atoms with Gasteiger partial charge in [0.15, 0.2) is 0 Å². The van der Waals surface area contributed by atoms with E-state index in [-0.39, 0.29) is 12.6 Å². The minimum absolute atomic E-state index is 0.0945. The molecule has 1 fully saturated rings.